The largest absolute Gasteiger partial charge is 0.339 e. The van der Waals surface area contributed by atoms with Crippen LogP contribution >= 0.6 is 11.6 Å². The fraction of sp³-hybridized carbons (Fsp3) is 0. The Kier molecular flexibility index (Phi) is 3.61. The summed E-state index contributed by atoms with van der Waals surface area (Å²) in [7, 11) is 0. The zero-order chi connectivity index (χ0) is 13.8. The van der Waals surface area contributed by atoms with E-state index in [2.05, 4.69) is 15.5 Å². The normalized spacial score (nSPS) is 10.2. The monoisotopic (exact) mass is 281 g/mol. The summed E-state index contributed by atoms with van der Waals surface area (Å²) in [4.78, 5) is 0. The lowest BCUT2D eigenvalue weighted by Gasteiger charge is -2.06. The molecule has 0 saturated carbocycles. The molecule has 3 rings (SSSR count). The van der Waals surface area contributed by atoms with Crippen molar-refractivity contribution < 1.29 is 0 Å². The van der Waals surface area contributed by atoms with E-state index in [1.54, 1.807) is 0 Å². The van der Waals surface area contributed by atoms with Gasteiger partial charge in [0.25, 0.3) is 0 Å². The summed E-state index contributed by atoms with van der Waals surface area (Å²) in [6.45, 7) is 0. The van der Waals surface area contributed by atoms with Gasteiger partial charge in [-0.15, -0.1) is 10.2 Å². The van der Waals surface area contributed by atoms with E-state index in [1.165, 1.54) is 0 Å². The number of nitrogens with one attached hydrogen (secondary N) is 1. The second-order valence-electron chi connectivity index (χ2n) is 4.31. The Morgan fingerprint density at radius 3 is 2.35 bits per heavy atom. The molecular weight excluding hydrogens is 270 g/mol. The Morgan fingerprint density at radius 2 is 1.65 bits per heavy atom. The fourth-order valence-corrected chi connectivity index (χ4v) is 2.07. The Labute approximate surface area is 122 Å². The molecule has 0 bridgehead atoms. The number of hydrogen-bond acceptors (Lipinski definition) is 3. The molecule has 1 N–H and O–H groups in total. The van der Waals surface area contributed by atoms with Gasteiger partial charge in [-0.1, -0.05) is 48.0 Å². The van der Waals surface area contributed by atoms with Crippen molar-refractivity contribution >= 4 is 23.1 Å². The van der Waals surface area contributed by atoms with E-state index in [0.717, 1.165) is 16.9 Å². The third kappa shape index (κ3) is 2.95. The molecule has 1 heterocycles. The molecule has 1 aromatic heterocycles. The van der Waals surface area contributed by atoms with E-state index < -0.39 is 0 Å². The van der Waals surface area contributed by atoms with Crippen molar-refractivity contribution in [2.45, 2.75) is 0 Å². The summed E-state index contributed by atoms with van der Waals surface area (Å²) < 4.78 is 0. The SMILES string of the molecule is Clc1cccc(Nc2ccc(-c3ccccc3)nn2)c1. The maximum absolute atomic E-state index is 5.94. The molecule has 0 aliphatic heterocycles. The molecule has 0 unspecified atom stereocenters. The van der Waals surface area contributed by atoms with Crippen LogP contribution in [0.25, 0.3) is 11.3 Å². The predicted octanol–water partition coefficient (Wildman–Crippen LogP) is 4.54. The molecule has 0 aliphatic carbocycles. The summed E-state index contributed by atoms with van der Waals surface area (Å²) in [6, 6.07) is 21.3. The van der Waals surface area contributed by atoms with E-state index in [9.17, 15) is 0 Å². The molecule has 2 aromatic carbocycles. The number of rotatable bonds is 3. The predicted molar refractivity (Wildman–Crippen MR) is 82.2 cm³/mol. The van der Waals surface area contributed by atoms with Gasteiger partial charge in [-0.05, 0) is 30.3 Å². The lowest BCUT2D eigenvalue weighted by Crippen LogP contribution is -1.96. The van der Waals surface area contributed by atoms with Crippen LogP contribution in [0.3, 0.4) is 0 Å². The highest BCUT2D eigenvalue weighted by Crippen LogP contribution is 2.20. The number of nitrogens with zero attached hydrogens (tertiary/aromatic N) is 2. The summed E-state index contributed by atoms with van der Waals surface area (Å²) >= 11 is 5.94. The summed E-state index contributed by atoms with van der Waals surface area (Å²) in [5.41, 5.74) is 2.79. The van der Waals surface area contributed by atoms with Gasteiger partial charge in [0.1, 0.15) is 0 Å². The average molecular weight is 282 g/mol. The van der Waals surface area contributed by atoms with Gasteiger partial charge in [-0.2, -0.15) is 0 Å². The van der Waals surface area contributed by atoms with E-state index in [0.29, 0.717) is 10.8 Å². The molecule has 0 saturated heterocycles. The Bertz CT molecular complexity index is 696. The first-order valence-corrected chi connectivity index (χ1v) is 6.61. The van der Waals surface area contributed by atoms with Gasteiger partial charge in [-0.3, -0.25) is 0 Å². The lowest BCUT2D eigenvalue weighted by atomic mass is 10.1. The Hall–Kier alpha value is -2.39. The third-order valence-electron chi connectivity index (χ3n) is 2.83. The minimum absolute atomic E-state index is 0.684. The smallest absolute Gasteiger partial charge is 0.153 e. The second kappa shape index (κ2) is 5.72. The quantitative estimate of drug-likeness (QED) is 0.766. The van der Waals surface area contributed by atoms with Gasteiger partial charge >= 0.3 is 0 Å². The Morgan fingerprint density at radius 1 is 0.800 bits per heavy atom. The van der Waals surface area contributed by atoms with Gasteiger partial charge in [0, 0.05) is 16.3 Å². The van der Waals surface area contributed by atoms with E-state index >= 15 is 0 Å². The van der Waals surface area contributed by atoms with Gasteiger partial charge < -0.3 is 5.32 Å². The van der Waals surface area contributed by atoms with E-state index in [4.69, 9.17) is 11.6 Å². The van der Waals surface area contributed by atoms with Crippen LogP contribution in [0.1, 0.15) is 0 Å². The molecule has 0 aliphatic rings. The molecule has 4 heteroatoms. The molecule has 0 amide bonds. The van der Waals surface area contributed by atoms with Gasteiger partial charge in [-0.25, -0.2) is 0 Å². The molecule has 0 spiro atoms. The fourth-order valence-electron chi connectivity index (χ4n) is 1.88. The van der Waals surface area contributed by atoms with Crippen molar-refractivity contribution in [2.24, 2.45) is 0 Å². The minimum Gasteiger partial charge on any atom is -0.339 e. The first kappa shape index (κ1) is 12.6. The van der Waals surface area contributed by atoms with Crippen molar-refractivity contribution in [2.75, 3.05) is 5.32 Å². The van der Waals surface area contributed by atoms with Crippen molar-refractivity contribution in [1.82, 2.24) is 10.2 Å². The second-order valence-corrected chi connectivity index (χ2v) is 4.74. The molecule has 0 radical (unpaired) electrons. The van der Waals surface area contributed by atoms with Crippen molar-refractivity contribution in [3.05, 3.63) is 71.8 Å². The standard InChI is InChI=1S/C16H12ClN3/c17-13-7-4-8-14(11-13)18-16-10-9-15(19-20-16)12-5-2-1-3-6-12/h1-11H,(H,18,20). The first-order valence-electron chi connectivity index (χ1n) is 6.23. The highest BCUT2D eigenvalue weighted by atomic mass is 35.5. The van der Waals surface area contributed by atoms with Crippen molar-refractivity contribution in [3.8, 4) is 11.3 Å². The highest BCUT2D eigenvalue weighted by molar-refractivity contribution is 6.30. The third-order valence-corrected chi connectivity index (χ3v) is 3.07. The van der Waals surface area contributed by atoms with Crippen LogP contribution in [0.2, 0.25) is 5.02 Å². The van der Waals surface area contributed by atoms with Gasteiger partial charge in [0.2, 0.25) is 0 Å². The van der Waals surface area contributed by atoms with Gasteiger partial charge in [0.15, 0.2) is 5.82 Å². The average Bonchev–Trinajstić information content (AvgIpc) is 2.49. The summed E-state index contributed by atoms with van der Waals surface area (Å²) in [6.07, 6.45) is 0. The summed E-state index contributed by atoms with van der Waals surface area (Å²) in [5, 5.41) is 12.2. The minimum atomic E-state index is 0.684. The molecule has 20 heavy (non-hydrogen) atoms. The van der Waals surface area contributed by atoms with Crippen LogP contribution < -0.4 is 5.32 Å². The molecule has 0 fully saturated rings. The van der Waals surface area contributed by atoms with Crippen LogP contribution in [-0.4, -0.2) is 10.2 Å². The Balaban J connectivity index is 1.80. The maximum Gasteiger partial charge on any atom is 0.153 e. The van der Waals surface area contributed by atoms with Crippen molar-refractivity contribution in [3.63, 3.8) is 0 Å². The van der Waals surface area contributed by atoms with Crippen LogP contribution in [0.15, 0.2) is 66.7 Å². The number of anilines is 2. The number of aromatic nitrogens is 2. The van der Waals surface area contributed by atoms with Crippen LogP contribution in [0, 0.1) is 0 Å². The van der Waals surface area contributed by atoms with Crippen molar-refractivity contribution in [1.29, 1.82) is 0 Å². The molecule has 3 aromatic rings. The zero-order valence-corrected chi connectivity index (χ0v) is 11.4. The van der Waals surface area contributed by atoms with E-state index in [1.807, 2.05) is 66.7 Å². The molecule has 0 atom stereocenters. The number of hydrogen-bond donors (Lipinski definition) is 1. The van der Waals surface area contributed by atoms with Gasteiger partial charge in [0.05, 0.1) is 5.69 Å². The molecule has 3 nitrogen and oxygen atoms in total. The number of benzene rings is 2. The topological polar surface area (TPSA) is 37.8 Å². The zero-order valence-electron chi connectivity index (χ0n) is 10.6. The maximum atomic E-state index is 5.94. The first-order chi connectivity index (χ1) is 9.81. The van der Waals surface area contributed by atoms with Crippen LogP contribution in [0.5, 0.6) is 0 Å². The van der Waals surface area contributed by atoms with Crippen LogP contribution in [-0.2, 0) is 0 Å². The summed E-state index contributed by atoms with van der Waals surface area (Å²) in [5.74, 6) is 0.687. The number of halogens is 1. The molecular formula is C16H12ClN3. The van der Waals surface area contributed by atoms with Crippen LogP contribution in [0.4, 0.5) is 11.5 Å². The highest BCUT2D eigenvalue weighted by Gasteiger charge is 2.01. The lowest BCUT2D eigenvalue weighted by molar-refractivity contribution is 1.04. The molecule has 98 valence electrons. The van der Waals surface area contributed by atoms with E-state index in [-0.39, 0.29) is 0 Å².